The molecule has 0 unspecified atom stereocenters. The normalized spacial score (nSPS) is 12.7. The van der Waals surface area contributed by atoms with Crippen LogP contribution in [0.3, 0.4) is 0 Å². The molecule has 2 heteroatoms. The average molecular weight is 755 g/mol. The number of nitrogens with zero attached hydrogens (tertiary/aromatic N) is 2. The fraction of sp³-hybridized carbons (Fsp3) is 0.0526. The average Bonchev–Trinajstić information content (AvgIpc) is 3.76. The van der Waals surface area contributed by atoms with E-state index in [9.17, 15) is 0 Å². The first kappa shape index (κ1) is 34.8. The van der Waals surface area contributed by atoms with Crippen LogP contribution in [0.25, 0.3) is 72.0 Å². The quantitative estimate of drug-likeness (QED) is 0.157. The second kappa shape index (κ2) is 13.9. The zero-order valence-corrected chi connectivity index (χ0v) is 33.2. The molecule has 0 aliphatic heterocycles. The van der Waals surface area contributed by atoms with E-state index in [4.69, 9.17) is 0 Å². The van der Waals surface area contributed by atoms with Gasteiger partial charge in [-0.15, -0.1) is 0 Å². The van der Waals surface area contributed by atoms with Crippen molar-refractivity contribution in [3.8, 4) is 50.2 Å². The van der Waals surface area contributed by atoms with E-state index in [0.29, 0.717) is 0 Å². The molecule has 2 nitrogen and oxygen atoms in total. The van der Waals surface area contributed by atoms with Crippen LogP contribution in [0.4, 0.5) is 17.1 Å². The zero-order chi connectivity index (χ0) is 39.5. The molecule has 1 heterocycles. The molecule has 9 aromatic carbocycles. The van der Waals surface area contributed by atoms with Crippen LogP contribution < -0.4 is 4.90 Å². The van der Waals surface area contributed by atoms with Gasteiger partial charge in [-0.25, -0.2) is 0 Å². The largest absolute Gasteiger partial charge is 0.310 e. The van der Waals surface area contributed by atoms with Gasteiger partial charge in [-0.2, -0.15) is 0 Å². The first-order chi connectivity index (χ1) is 29.1. The summed E-state index contributed by atoms with van der Waals surface area (Å²) in [7, 11) is 0. The molecule has 0 fully saturated rings. The maximum absolute atomic E-state index is 2.50. The first-order valence-corrected chi connectivity index (χ1v) is 20.5. The van der Waals surface area contributed by atoms with Crippen molar-refractivity contribution in [3.63, 3.8) is 0 Å². The van der Waals surface area contributed by atoms with Gasteiger partial charge in [-0.05, 0) is 93.0 Å². The van der Waals surface area contributed by atoms with Gasteiger partial charge >= 0.3 is 0 Å². The second-order valence-corrected chi connectivity index (χ2v) is 16.1. The smallest absolute Gasteiger partial charge is 0.0620 e. The summed E-state index contributed by atoms with van der Waals surface area (Å²) in [4.78, 5) is 2.50. The molecule has 11 rings (SSSR count). The van der Waals surface area contributed by atoms with Crippen LogP contribution >= 0.6 is 0 Å². The summed E-state index contributed by atoms with van der Waals surface area (Å²) in [5.74, 6) is 0. The Labute approximate surface area is 345 Å². The van der Waals surface area contributed by atoms with Crippen LogP contribution in [-0.4, -0.2) is 4.57 Å². The summed E-state index contributed by atoms with van der Waals surface area (Å²) in [5, 5.41) is 2.46. The van der Waals surface area contributed by atoms with E-state index in [0.717, 1.165) is 22.7 Å². The SMILES string of the molecule is CC1(C)c2ccccc2-c2ccc(N(c3cccc(-c4ccccc4)c3)c3cccc(-c4ccccc4)c3-c3cccc4c5ccccc5n(-c5ccccc5)c34)cc21. The Morgan fingerprint density at radius 2 is 0.966 bits per heavy atom. The van der Waals surface area contributed by atoms with Crippen molar-refractivity contribution in [1.82, 2.24) is 4.57 Å². The molecular weight excluding hydrogens is 713 g/mol. The van der Waals surface area contributed by atoms with E-state index in [-0.39, 0.29) is 5.41 Å². The Bertz CT molecular complexity index is 3170. The lowest BCUT2D eigenvalue weighted by Gasteiger charge is -2.31. The molecular formula is C57H42N2. The summed E-state index contributed by atoms with van der Waals surface area (Å²) in [5.41, 5.74) is 19.1. The standard InChI is InChI=1S/C57H42N2/c1-57(2)51-32-14-12-27-46(51)47-36-35-44(38-52(47)57)58(43-26-16-23-41(37-43)39-19-6-3-7-20-39)54-34-18-29-45(40-21-8-4-9-22-40)55(54)50-31-17-30-49-48-28-13-15-33-53(48)59(56(49)50)42-24-10-5-11-25-42/h3-38H,1-2H3. The van der Waals surface area contributed by atoms with Gasteiger partial charge < -0.3 is 9.47 Å². The molecule has 1 aliphatic carbocycles. The molecule has 59 heavy (non-hydrogen) atoms. The lowest BCUT2D eigenvalue weighted by Crippen LogP contribution is -2.17. The molecule has 0 saturated heterocycles. The third-order valence-corrected chi connectivity index (χ3v) is 12.4. The van der Waals surface area contributed by atoms with E-state index in [1.165, 1.54) is 77.4 Å². The monoisotopic (exact) mass is 754 g/mol. The molecule has 0 atom stereocenters. The second-order valence-electron chi connectivity index (χ2n) is 16.1. The van der Waals surface area contributed by atoms with Gasteiger partial charge in [0.15, 0.2) is 0 Å². The summed E-state index contributed by atoms with van der Waals surface area (Å²) >= 11 is 0. The van der Waals surface area contributed by atoms with Crippen LogP contribution in [-0.2, 0) is 5.41 Å². The Morgan fingerprint density at radius 1 is 0.390 bits per heavy atom. The number of fused-ring (bicyclic) bond motifs is 6. The van der Waals surface area contributed by atoms with Gasteiger partial charge in [0.25, 0.3) is 0 Å². The number of hydrogen-bond donors (Lipinski definition) is 0. The van der Waals surface area contributed by atoms with Crippen molar-refractivity contribution in [2.45, 2.75) is 19.3 Å². The van der Waals surface area contributed by atoms with Crippen LogP contribution in [0, 0.1) is 0 Å². The molecule has 0 saturated carbocycles. The van der Waals surface area contributed by atoms with E-state index in [2.05, 4.69) is 242 Å². The van der Waals surface area contributed by atoms with Crippen molar-refractivity contribution in [1.29, 1.82) is 0 Å². The number of rotatable bonds is 7. The Hall–Kier alpha value is -7.42. The van der Waals surface area contributed by atoms with Crippen molar-refractivity contribution in [3.05, 3.63) is 230 Å². The molecule has 0 spiro atoms. The van der Waals surface area contributed by atoms with Crippen LogP contribution in [0.5, 0.6) is 0 Å². The van der Waals surface area contributed by atoms with Gasteiger partial charge in [0.2, 0.25) is 0 Å². The predicted molar refractivity (Wildman–Crippen MR) is 249 cm³/mol. The van der Waals surface area contributed by atoms with E-state index >= 15 is 0 Å². The minimum atomic E-state index is -0.156. The Balaban J connectivity index is 1.25. The minimum absolute atomic E-state index is 0.156. The minimum Gasteiger partial charge on any atom is -0.310 e. The van der Waals surface area contributed by atoms with Gasteiger partial charge in [0.1, 0.15) is 0 Å². The number of hydrogen-bond acceptors (Lipinski definition) is 1. The number of anilines is 3. The lowest BCUT2D eigenvalue weighted by molar-refractivity contribution is 0.660. The lowest BCUT2D eigenvalue weighted by atomic mass is 9.82. The van der Waals surface area contributed by atoms with E-state index in [1.54, 1.807) is 0 Å². The fourth-order valence-corrected chi connectivity index (χ4v) is 9.65. The molecule has 0 bridgehead atoms. The Morgan fingerprint density at radius 3 is 1.78 bits per heavy atom. The Kier molecular flexibility index (Phi) is 8.20. The summed E-state index contributed by atoms with van der Waals surface area (Å²) in [6.07, 6.45) is 0. The fourth-order valence-electron chi connectivity index (χ4n) is 9.65. The third kappa shape index (κ3) is 5.63. The summed E-state index contributed by atoms with van der Waals surface area (Å²) in [6, 6.07) is 80.0. The predicted octanol–water partition coefficient (Wildman–Crippen LogP) is 15.6. The van der Waals surface area contributed by atoms with Crippen molar-refractivity contribution < 1.29 is 0 Å². The molecule has 0 N–H and O–H groups in total. The third-order valence-electron chi connectivity index (χ3n) is 12.4. The van der Waals surface area contributed by atoms with E-state index < -0.39 is 0 Å². The number of para-hydroxylation sites is 3. The van der Waals surface area contributed by atoms with Crippen LogP contribution in [0.15, 0.2) is 218 Å². The van der Waals surface area contributed by atoms with Gasteiger partial charge in [0, 0.05) is 44.4 Å². The van der Waals surface area contributed by atoms with Gasteiger partial charge in [-0.1, -0.05) is 184 Å². The highest BCUT2D eigenvalue weighted by Gasteiger charge is 2.36. The number of benzene rings is 9. The van der Waals surface area contributed by atoms with Crippen molar-refractivity contribution >= 4 is 38.9 Å². The van der Waals surface area contributed by atoms with Crippen LogP contribution in [0.2, 0.25) is 0 Å². The number of aromatic nitrogens is 1. The molecule has 10 aromatic rings. The van der Waals surface area contributed by atoms with Gasteiger partial charge in [0.05, 0.1) is 16.7 Å². The highest BCUT2D eigenvalue weighted by atomic mass is 15.1. The maximum atomic E-state index is 2.50. The topological polar surface area (TPSA) is 8.17 Å². The molecule has 280 valence electrons. The van der Waals surface area contributed by atoms with Crippen LogP contribution in [0.1, 0.15) is 25.0 Å². The first-order valence-electron chi connectivity index (χ1n) is 20.5. The molecule has 0 radical (unpaired) electrons. The zero-order valence-electron chi connectivity index (χ0n) is 33.2. The molecule has 0 amide bonds. The van der Waals surface area contributed by atoms with Crippen molar-refractivity contribution in [2.75, 3.05) is 4.90 Å². The molecule has 1 aromatic heterocycles. The maximum Gasteiger partial charge on any atom is 0.0620 e. The highest BCUT2D eigenvalue weighted by Crippen LogP contribution is 2.53. The summed E-state index contributed by atoms with van der Waals surface area (Å²) in [6.45, 7) is 4.73. The highest BCUT2D eigenvalue weighted by molar-refractivity contribution is 6.16. The summed E-state index contributed by atoms with van der Waals surface area (Å²) < 4.78 is 2.46. The molecule has 1 aliphatic rings. The van der Waals surface area contributed by atoms with Crippen molar-refractivity contribution in [2.24, 2.45) is 0 Å². The van der Waals surface area contributed by atoms with E-state index in [1.807, 2.05) is 0 Å². The van der Waals surface area contributed by atoms with Gasteiger partial charge in [-0.3, -0.25) is 0 Å².